The number of anilines is 2. The lowest BCUT2D eigenvalue weighted by molar-refractivity contribution is -0.123. The number of benzene rings is 1. The molecule has 1 aliphatic rings. The molecule has 0 saturated heterocycles. The molecule has 10 nitrogen and oxygen atoms in total. The van der Waals surface area contributed by atoms with E-state index in [1.807, 2.05) is 6.92 Å². The van der Waals surface area contributed by atoms with Crippen molar-refractivity contribution in [3.05, 3.63) is 64.9 Å². The Labute approximate surface area is 212 Å². The molecule has 36 heavy (non-hydrogen) atoms. The fraction of sp³-hybridized carbons (Fsp3) is 0.320. The van der Waals surface area contributed by atoms with Gasteiger partial charge in [0, 0.05) is 18.4 Å². The van der Waals surface area contributed by atoms with Crippen LogP contribution in [0.15, 0.2) is 48.8 Å². The maximum atomic E-state index is 14.1. The number of carbonyl (C=O) groups is 3. The number of rotatable bonds is 9. The van der Waals surface area contributed by atoms with Crippen molar-refractivity contribution in [1.82, 2.24) is 14.7 Å². The van der Waals surface area contributed by atoms with Crippen LogP contribution < -0.4 is 26.4 Å². The molecule has 5 N–H and O–H groups in total. The van der Waals surface area contributed by atoms with Crippen molar-refractivity contribution in [2.24, 2.45) is 5.73 Å². The highest BCUT2D eigenvalue weighted by atomic mass is 32.1. The van der Waals surface area contributed by atoms with Gasteiger partial charge in [-0.15, -0.1) is 0 Å². The largest absolute Gasteiger partial charge is 0.492 e. The minimum Gasteiger partial charge on any atom is -0.492 e. The zero-order valence-corrected chi connectivity index (χ0v) is 20.7. The molecule has 0 aliphatic heterocycles. The Morgan fingerprint density at radius 1 is 1.17 bits per heavy atom. The van der Waals surface area contributed by atoms with E-state index in [2.05, 4.69) is 14.7 Å². The van der Waals surface area contributed by atoms with Crippen molar-refractivity contribution in [2.45, 2.75) is 44.7 Å². The highest BCUT2D eigenvalue weighted by Crippen LogP contribution is 2.38. The number of nitrogens with one attached hydrogen (secondary N) is 1. The van der Waals surface area contributed by atoms with Gasteiger partial charge in [-0.3, -0.25) is 24.3 Å². The minimum absolute atomic E-state index is 0.00261. The standard InChI is InChI=1S/C25H28N6O4S/c1-2-35-18-10-6-5-9-17(18)31(25(34)22-19(26)20(23(27)32)30-36-22)21(15-11-13-28-14-12-15)24(33)29-16-7-3-4-8-16/h5-6,9-14,16,21H,2-4,7-8,26H2,1H3,(H2,27,32)(H,29,33). The Balaban J connectivity index is 1.88. The molecule has 2 heterocycles. The Hall–Kier alpha value is -3.99. The Kier molecular flexibility index (Phi) is 7.79. The van der Waals surface area contributed by atoms with Gasteiger partial charge in [-0.25, -0.2) is 0 Å². The number of pyridine rings is 1. The normalized spacial score (nSPS) is 14.2. The average molecular weight is 509 g/mol. The van der Waals surface area contributed by atoms with Crippen LogP contribution in [-0.4, -0.2) is 39.7 Å². The van der Waals surface area contributed by atoms with Crippen LogP contribution in [0.25, 0.3) is 0 Å². The van der Waals surface area contributed by atoms with E-state index in [1.54, 1.807) is 48.8 Å². The lowest BCUT2D eigenvalue weighted by Crippen LogP contribution is -2.46. The summed E-state index contributed by atoms with van der Waals surface area (Å²) in [5.41, 5.74) is 12.1. The van der Waals surface area contributed by atoms with Crippen molar-refractivity contribution < 1.29 is 19.1 Å². The van der Waals surface area contributed by atoms with Crippen LogP contribution >= 0.6 is 11.5 Å². The van der Waals surface area contributed by atoms with Crippen LogP contribution in [-0.2, 0) is 4.79 Å². The predicted molar refractivity (Wildman–Crippen MR) is 137 cm³/mol. The number of hydrogen-bond donors (Lipinski definition) is 3. The van der Waals surface area contributed by atoms with Gasteiger partial charge in [-0.05, 0) is 61.1 Å². The summed E-state index contributed by atoms with van der Waals surface area (Å²) in [6.45, 7) is 2.18. The number of ether oxygens (including phenoxy) is 1. The summed E-state index contributed by atoms with van der Waals surface area (Å²) in [4.78, 5) is 45.1. The molecule has 1 atom stereocenters. The van der Waals surface area contributed by atoms with Gasteiger partial charge in [0.25, 0.3) is 11.8 Å². The molecule has 3 amide bonds. The predicted octanol–water partition coefficient (Wildman–Crippen LogP) is 3.06. The average Bonchev–Trinajstić information content (AvgIpc) is 3.53. The second kappa shape index (κ2) is 11.2. The first kappa shape index (κ1) is 25.1. The molecular formula is C25H28N6O4S. The highest BCUT2D eigenvalue weighted by Gasteiger charge is 2.38. The lowest BCUT2D eigenvalue weighted by Gasteiger charge is -2.33. The van der Waals surface area contributed by atoms with E-state index in [1.165, 1.54) is 4.90 Å². The number of nitrogen functional groups attached to an aromatic ring is 1. The van der Waals surface area contributed by atoms with Crippen molar-refractivity contribution >= 4 is 40.6 Å². The second-order valence-electron chi connectivity index (χ2n) is 8.39. The Bertz CT molecular complexity index is 1240. The van der Waals surface area contributed by atoms with E-state index in [0.717, 1.165) is 37.2 Å². The number of para-hydroxylation sites is 2. The van der Waals surface area contributed by atoms with Gasteiger partial charge in [-0.1, -0.05) is 25.0 Å². The lowest BCUT2D eigenvalue weighted by atomic mass is 10.0. The van der Waals surface area contributed by atoms with Crippen molar-refractivity contribution in [1.29, 1.82) is 0 Å². The number of aromatic nitrogens is 2. The van der Waals surface area contributed by atoms with E-state index < -0.39 is 17.9 Å². The van der Waals surface area contributed by atoms with E-state index in [9.17, 15) is 14.4 Å². The van der Waals surface area contributed by atoms with Crippen LogP contribution in [0.3, 0.4) is 0 Å². The maximum Gasteiger partial charge on any atom is 0.273 e. The third-order valence-corrected chi connectivity index (χ3v) is 6.88. The molecule has 2 aromatic heterocycles. The summed E-state index contributed by atoms with van der Waals surface area (Å²) in [7, 11) is 0. The van der Waals surface area contributed by atoms with Gasteiger partial charge < -0.3 is 21.5 Å². The van der Waals surface area contributed by atoms with Gasteiger partial charge in [0.05, 0.1) is 18.0 Å². The Morgan fingerprint density at radius 2 is 1.86 bits per heavy atom. The van der Waals surface area contributed by atoms with Crippen LogP contribution in [0.5, 0.6) is 5.75 Å². The number of amides is 3. The molecule has 1 saturated carbocycles. The van der Waals surface area contributed by atoms with Gasteiger partial charge in [0.2, 0.25) is 5.91 Å². The maximum absolute atomic E-state index is 14.1. The molecule has 4 rings (SSSR count). The molecule has 1 unspecified atom stereocenters. The van der Waals surface area contributed by atoms with Gasteiger partial charge in [0.1, 0.15) is 16.7 Å². The monoisotopic (exact) mass is 508 g/mol. The summed E-state index contributed by atoms with van der Waals surface area (Å²) < 4.78 is 9.81. The third-order valence-electron chi connectivity index (χ3n) is 6.03. The number of carbonyl (C=O) groups excluding carboxylic acids is 3. The van der Waals surface area contributed by atoms with Gasteiger partial charge in [-0.2, -0.15) is 4.37 Å². The fourth-order valence-corrected chi connectivity index (χ4v) is 5.09. The van der Waals surface area contributed by atoms with Crippen molar-refractivity contribution in [2.75, 3.05) is 17.2 Å². The zero-order chi connectivity index (χ0) is 25.7. The molecular weight excluding hydrogens is 480 g/mol. The summed E-state index contributed by atoms with van der Waals surface area (Å²) in [5, 5.41) is 3.11. The van der Waals surface area contributed by atoms with E-state index >= 15 is 0 Å². The SMILES string of the molecule is CCOc1ccccc1N(C(=O)c1snc(C(N)=O)c1N)C(C(=O)NC1CCCC1)c1ccncc1. The molecule has 0 spiro atoms. The number of nitrogens with zero attached hydrogens (tertiary/aromatic N) is 3. The minimum atomic E-state index is -1.07. The molecule has 11 heteroatoms. The molecule has 0 radical (unpaired) electrons. The molecule has 1 aromatic carbocycles. The summed E-state index contributed by atoms with van der Waals surface area (Å²) in [6, 6.07) is 9.29. The molecule has 188 valence electrons. The Morgan fingerprint density at radius 3 is 2.50 bits per heavy atom. The quantitative estimate of drug-likeness (QED) is 0.401. The topological polar surface area (TPSA) is 154 Å². The first-order valence-electron chi connectivity index (χ1n) is 11.7. The smallest absolute Gasteiger partial charge is 0.273 e. The van der Waals surface area contributed by atoms with E-state index in [-0.39, 0.29) is 28.2 Å². The summed E-state index contributed by atoms with van der Waals surface area (Å²) >= 11 is 0.760. The zero-order valence-electron chi connectivity index (χ0n) is 19.8. The van der Waals surface area contributed by atoms with E-state index in [0.29, 0.717) is 23.6 Å². The second-order valence-corrected chi connectivity index (χ2v) is 9.16. The van der Waals surface area contributed by atoms with E-state index in [4.69, 9.17) is 16.2 Å². The van der Waals surface area contributed by atoms with Crippen LogP contribution in [0.1, 0.15) is 64.4 Å². The summed E-state index contributed by atoms with van der Waals surface area (Å²) in [6.07, 6.45) is 6.95. The van der Waals surface area contributed by atoms with Gasteiger partial charge >= 0.3 is 0 Å². The number of nitrogens with two attached hydrogens (primary N) is 2. The van der Waals surface area contributed by atoms with Crippen molar-refractivity contribution in [3.63, 3.8) is 0 Å². The first-order chi connectivity index (χ1) is 17.4. The number of hydrogen-bond acceptors (Lipinski definition) is 8. The summed E-state index contributed by atoms with van der Waals surface area (Å²) in [5.74, 6) is -1.37. The van der Waals surface area contributed by atoms with Crippen LogP contribution in [0.2, 0.25) is 0 Å². The highest BCUT2D eigenvalue weighted by molar-refractivity contribution is 7.09. The first-order valence-corrected chi connectivity index (χ1v) is 12.5. The number of primary amides is 1. The molecule has 1 fully saturated rings. The third kappa shape index (κ3) is 5.15. The van der Waals surface area contributed by atoms with Crippen LogP contribution in [0.4, 0.5) is 11.4 Å². The molecule has 0 bridgehead atoms. The molecule has 1 aliphatic carbocycles. The van der Waals surface area contributed by atoms with Crippen LogP contribution in [0, 0.1) is 0 Å². The molecule has 3 aromatic rings. The fourth-order valence-electron chi connectivity index (χ4n) is 4.35. The van der Waals surface area contributed by atoms with Crippen molar-refractivity contribution in [3.8, 4) is 5.75 Å². The van der Waals surface area contributed by atoms with Gasteiger partial charge in [0.15, 0.2) is 5.69 Å².